The van der Waals surface area contributed by atoms with Gasteiger partial charge in [0.15, 0.2) is 5.65 Å². The van der Waals surface area contributed by atoms with Gasteiger partial charge in [0, 0.05) is 37.4 Å². The number of anilines is 1. The number of nitrogens with two attached hydrogens (primary N) is 1. The maximum atomic E-state index is 13.4. The number of hydrogen-bond acceptors (Lipinski definition) is 7. The van der Waals surface area contributed by atoms with Gasteiger partial charge in [-0.15, -0.1) is 11.3 Å². The van der Waals surface area contributed by atoms with Gasteiger partial charge in [-0.25, -0.2) is 14.5 Å². The molecule has 5 heterocycles. The second kappa shape index (κ2) is 8.68. The first-order valence-electron chi connectivity index (χ1n) is 10.8. The van der Waals surface area contributed by atoms with Gasteiger partial charge in [0.25, 0.3) is 5.91 Å². The van der Waals surface area contributed by atoms with Crippen molar-refractivity contribution in [1.82, 2.24) is 29.8 Å². The minimum atomic E-state index is -0.0102. The normalized spacial score (nSPS) is 16.5. The second-order valence-corrected chi connectivity index (χ2v) is 8.88. The fraction of sp³-hybridized carbons (Fsp3) is 0.304. The van der Waals surface area contributed by atoms with Crippen molar-refractivity contribution in [2.24, 2.45) is 0 Å². The summed E-state index contributed by atoms with van der Waals surface area (Å²) in [7, 11) is 0. The first-order chi connectivity index (χ1) is 15.6. The van der Waals surface area contributed by atoms with E-state index in [9.17, 15) is 4.79 Å². The molecule has 3 N–H and O–H groups in total. The van der Waals surface area contributed by atoms with Gasteiger partial charge in [0.1, 0.15) is 5.82 Å². The molecule has 0 aromatic carbocycles. The zero-order valence-electron chi connectivity index (χ0n) is 17.9. The van der Waals surface area contributed by atoms with Gasteiger partial charge in [-0.2, -0.15) is 5.10 Å². The van der Waals surface area contributed by atoms with E-state index in [2.05, 4.69) is 22.3 Å². The molecular weight excluding hydrogens is 422 g/mol. The number of nitrogen functional groups attached to an aromatic ring is 1. The maximum Gasteiger partial charge on any atom is 0.254 e. The highest BCUT2D eigenvalue weighted by molar-refractivity contribution is 7.13. The Morgan fingerprint density at radius 1 is 1.28 bits per heavy atom. The molecule has 0 bridgehead atoms. The molecule has 164 valence electrons. The van der Waals surface area contributed by atoms with Crippen molar-refractivity contribution >= 4 is 28.7 Å². The summed E-state index contributed by atoms with van der Waals surface area (Å²) in [6.07, 6.45) is 5.60. The molecule has 4 aromatic rings. The lowest BCUT2D eigenvalue weighted by Gasteiger charge is -2.36. The van der Waals surface area contributed by atoms with Crippen molar-refractivity contribution in [2.45, 2.75) is 25.8 Å². The third-order valence-electron chi connectivity index (χ3n) is 5.74. The van der Waals surface area contributed by atoms with Crippen LogP contribution in [0.15, 0.2) is 48.1 Å². The van der Waals surface area contributed by atoms with E-state index in [4.69, 9.17) is 10.7 Å². The van der Waals surface area contributed by atoms with E-state index in [0.717, 1.165) is 42.1 Å². The van der Waals surface area contributed by atoms with Crippen molar-refractivity contribution in [2.75, 3.05) is 25.4 Å². The zero-order valence-corrected chi connectivity index (χ0v) is 18.7. The topological polar surface area (TPSA) is 101 Å². The second-order valence-electron chi connectivity index (χ2n) is 7.93. The van der Waals surface area contributed by atoms with Crippen LogP contribution in [-0.4, -0.2) is 56.1 Å². The smallest absolute Gasteiger partial charge is 0.254 e. The zero-order chi connectivity index (χ0) is 22.1. The molecule has 1 fully saturated rings. The Balaban J connectivity index is 1.53. The minimum Gasteiger partial charge on any atom is -0.384 e. The van der Waals surface area contributed by atoms with Crippen LogP contribution < -0.4 is 11.1 Å². The lowest BCUT2D eigenvalue weighted by molar-refractivity contribution is 0.0624. The summed E-state index contributed by atoms with van der Waals surface area (Å²) in [5.41, 5.74) is 9.58. The third-order valence-corrected chi connectivity index (χ3v) is 6.64. The number of piperazine rings is 1. The highest BCUT2D eigenvalue weighted by Crippen LogP contribution is 2.28. The van der Waals surface area contributed by atoms with Gasteiger partial charge in [-0.3, -0.25) is 4.79 Å². The van der Waals surface area contributed by atoms with Crippen LogP contribution in [0.3, 0.4) is 0 Å². The van der Waals surface area contributed by atoms with E-state index in [0.29, 0.717) is 29.3 Å². The Labute approximate surface area is 190 Å². The average Bonchev–Trinajstić information content (AvgIpc) is 3.48. The summed E-state index contributed by atoms with van der Waals surface area (Å²) in [5, 5.41) is 9.84. The van der Waals surface area contributed by atoms with E-state index in [1.807, 2.05) is 34.7 Å². The molecule has 0 radical (unpaired) electrons. The van der Waals surface area contributed by atoms with Crippen LogP contribution in [0.4, 0.5) is 5.82 Å². The van der Waals surface area contributed by atoms with Crippen molar-refractivity contribution < 1.29 is 4.79 Å². The van der Waals surface area contributed by atoms with Gasteiger partial charge in [0.05, 0.1) is 28.0 Å². The Bertz CT molecular complexity index is 1250. The van der Waals surface area contributed by atoms with E-state index >= 15 is 0 Å². The van der Waals surface area contributed by atoms with Gasteiger partial charge in [-0.05, 0) is 36.1 Å². The number of pyridine rings is 1. The Morgan fingerprint density at radius 3 is 3.00 bits per heavy atom. The molecule has 0 saturated carbocycles. The Morgan fingerprint density at radius 2 is 2.19 bits per heavy atom. The average molecular weight is 448 g/mol. The van der Waals surface area contributed by atoms with E-state index in [1.165, 1.54) is 0 Å². The number of thiophene rings is 1. The number of rotatable bonds is 5. The molecule has 1 aliphatic heterocycles. The first-order valence-corrected chi connectivity index (χ1v) is 11.7. The van der Waals surface area contributed by atoms with Gasteiger partial charge >= 0.3 is 0 Å². The summed E-state index contributed by atoms with van der Waals surface area (Å²) >= 11 is 1.63. The largest absolute Gasteiger partial charge is 0.384 e. The molecule has 0 aliphatic carbocycles. The summed E-state index contributed by atoms with van der Waals surface area (Å²) in [5.74, 6) is 0.297. The molecule has 8 nitrogen and oxygen atoms in total. The van der Waals surface area contributed by atoms with Crippen molar-refractivity contribution in [1.29, 1.82) is 0 Å². The standard InChI is InChI=1S/C23H25N7OS/c1-2-4-16-13-25-7-9-29(16)23(31)15-11-19(27-21(24)12-15)17-14-26-30-8-6-18(28-22(17)30)20-5-3-10-32-20/h3,5-6,8,10-12,14,16,25H,2,4,7,9,13H2,1H3,(H2,24,27). The summed E-state index contributed by atoms with van der Waals surface area (Å²) < 4.78 is 1.71. The molecule has 9 heteroatoms. The molecule has 1 saturated heterocycles. The van der Waals surface area contributed by atoms with E-state index < -0.39 is 0 Å². The van der Waals surface area contributed by atoms with Crippen molar-refractivity contribution in [3.8, 4) is 21.8 Å². The molecule has 1 atom stereocenters. The van der Waals surface area contributed by atoms with Crippen molar-refractivity contribution in [3.05, 3.63) is 53.7 Å². The third kappa shape index (κ3) is 3.85. The molecule has 0 spiro atoms. The summed E-state index contributed by atoms with van der Waals surface area (Å²) in [6, 6.07) is 9.63. The Kier molecular flexibility index (Phi) is 5.59. The summed E-state index contributed by atoms with van der Waals surface area (Å²) in [4.78, 5) is 25.8. The Hall–Kier alpha value is -3.30. The van der Waals surface area contributed by atoms with Gasteiger partial charge in [-0.1, -0.05) is 19.4 Å². The van der Waals surface area contributed by atoms with Gasteiger partial charge in [0.2, 0.25) is 0 Å². The summed E-state index contributed by atoms with van der Waals surface area (Å²) in [6.45, 7) is 4.44. The number of nitrogens with zero attached hydrogens (tertiary/aromatic N) is 5. The van der Waals surface area contributed by atoms with Crippen LogP contribution in [0, 0.1) is 0 Å². The number of carbonyl (C=O) groups excluding carboxylic acids is 1. The van der Waals surface area contributed by atoms with Crippen LogP contribution in [0.25, 0.3) is 27.5 Å². The quantitative estimate of drug-likeness (QED) is 0.487. The first kappa shape index (κ1) is 20.6. The SMILES string of the molecule is CCCC1CNCCN1C(=O)c1cc(N)nc(-c2cnn3ccc(-c4cccs4)nc23)c1. The number of carbonyl (C=O) groups is 1. The highest BCUT2D eigenvalue weighted by Gasteiger charge is 2.27. The minimum absolute atomic E-state index is 0.0102. The molecule has 32 heavy (non-hydrogen) atoms. The van der Waals surface area contributed by atoms with Crippen LogP contribution in [0.2, 0.25) is 0 Å². The predicted molar refractivity (Wildman–Crippen MR) is 127 cm³/mol. The number of amides is 1. The van der Waals surface area contributed by atoms with Crippen LogP contribution >= 0.6 is 11.3 Å². The molecule has 5 rings (SSSR count). The highest BCUT2D eigenvalue weighted by atomic mass is 32.1. The van der Waals surface area contributed by atoms with Crippen LogP contribution in [0.1, 0.15) is 30.1 Å². The molecule has 1 unspecified atom stereocenters. The lowest BCUT2D eigenvalue weighted by atomic mass is 10.0. The lowest BCUT2D eigenvalue weighted by Crippen LogP contribution is -2.53. The van der Waals surface area contributed by atoms with Crippen LogP contribution in [-0.2, 0) is 0 Å². The van der Waals surface area contributed by atoms with Crippen molar-refractivity contribution in [3.63, 3.8) is 0 Å². The van der Waals surface area contributed by atoms with Crippen LogP contribution in [0.5, 0.6) is 0 Å². The predicted octanol–water partition coefficient (Wildman–Crippen LogP) is 3.32. The molecule has 1 aliphatic rings. The van der Waals surface area contributed by atoms with Gasteiger partial charge < -0.3 is 16.0 Å². The number of aromatic nitrogens is 4. The maximum absolute atomic E-state index is 13.4. The molecule has 4 aromatic heterocycles. The van der Waals surface area contributed by atoms with E-state index in [-0.39, 0.29) is 11.9 Å². The molecule has 1 amide bonds. The number of nitrogens with one attached hydrogen (secondary N) is 1. The number of hydrogen-bond donors (Lipinski definition) is 2. The number of fused-ring (bicyclic) bond motifs is 1. The molecular formula is C23H25N7OS. The monoisotopic (exact) mass is 447 g/mol. The fourth-order valence-corrected chi connectivity index (χ4v) is 4.91. The van der Waals surface area contributed by atoms with E-state index in [1.54, 1.807) is 34.2 Å². The fourth-order valence-electron chi connectivity index (χ4n) is 4.21.